The van der Waals surface area contributed by atoms with Crippen LogP contribution >= 0.6 is 0 Å². The van der Waals surface area contributed by atoms with Gasteiger partial charge in [0, 0.05) is 17.8 Å². The van der Waals surface area contributed by atoms with Crippen LogP contribution in [0.15, 0.2) is 52.7 Å². The van der Waals surface area contributed by atoms with Crippen molar-refractivity contribution in [2.45, 2.75) is 27.2 Å². The fraction of sp³-hybridized carbons (Fsp3) is 0.400. The minimum absolute atomic E-state index is 0.141. The smallest absolute Gasteiger partial charge is 0.0308 e. The number of nitrogens with zero attached hydrogens (tertiary/aromatic N) is 1. The van der Waals surface area contributed by atoms with E-state index in [1.54, 1.807) is 0 Å². The predicted octanol–water partition coefficient (Wildman–Crippen LogP) is 4.06. The van der Waals surface area contributed by atoms with Gasteiger partial charge in [0.15, 0.2) is 0 Å². The van der Waals surface area contributed by atoms with E-state index in [1.165, 1.54) is 16.7 Å². The molecular weight excluding hydrogens is 194 g/mol. The number of hydrogen-bond acceptors (Lipinski definition) is 1. The van der Waals surface area contributed by atoms with E-state index >= 15 is 0 Å². The molecule has 1 aliphatic heterocycles. The molecule has 1 atom stereocenters. The lowest BCUT2D eigenvalue weighted by atomic mass is 9.73. The van der Waals surface area contributed by atoms with Gasteiger partial charge in [-0.1, -0.05) is 39.5 Å². The highest BCUT2D eigenvalue weighted by Crippen LogP contribution is 2.40. The van der Waals surface area contributed by atoms with E-state index in [-0.39, 0.29) is 5.41 Å². The molecule has 0 aromatic heterocycles. The maximum atomic E-state index is 4.21. The fourth-order valence-corrected chi connectivity index (χ4v) is 2.07. The molecule has 0 saturated carbocycles. The highest BCUT2D eigenvalue weighted by molar-refractivity contribution is 5.84. The second kappa shape index (κ2) is 3.89. The largest absolute Gasteiger partial charge is 0.265 e. The van der Waals surface area contributed by atoms with Crippen LogP contribution < -0.4 is 0 Å². The standard InChI is InChI=1S/C15H19N/c1-11(2)12(3)13-5-6-15(4)7-8-16-10-14(15)9-13/h5,7-11H,3,6H2,1-2,4H3. The maximum Gasteiger partial charge on any atom is 0.0308 e. The minimum Gasteiger partial charge on any atom is -0.265 e. The lowest BCUT2D eigenvalue weighted by Gasteiger charge is -2.32. The third kappa shape index (κ3) is 1.82. The van der Waals surface area contributed by atoms with Gasteiger partial charge in [0.2, 0.25) is 0 Å². The Balaban J connectivity index is 2.31. The van der Waals surface area contributed by atoms with Gasteiger partial charge in [-0.25, -0.2) is 0 Å². The molecule has 0 aromatic rings. The molecule has 2 rings (SSSR count). The molecule has 0 radical (unpaired) electrons. The van der Waals surface area contributed by atoms with Gasteiger partial charge in [0.1, 0.15) is 0 Å². The van der Waals surface area contributed by atoms with E-state index in [1.807, 2.05) is 12.4 Å². The monoisotopic (exact) mass is 213 g/mol. The van der Waals surface area contributed by atoms with Gasteiger partial charge < -0.3 is 0 Å². The molecule has 1 heteroatoms. The Kier molecular flexibility index (Phi) is 2.71. The second-order valence-electron chi connectivity index (χ2n) is 5.15. The molecule has 0 N–H and O–H groups in total. The van der Waals surface area contributed by atoms with Crippen molar-refractivity contribution >= 4 is 6.21 Å². The van der Waals surface area contributed by atoms with Crippen LogP contribution in [0.4, 0.5) is 0 Å². The Bertz CT molecular complexity index is 432. The summed E-state index contributed by atoms with van der Waals surface area (Å²) in [5, 5.41) is 0. The summed E-state index contributed by atoms with van der Waals surface area (Å²) in [6.07, 6.45) is 11.6. The van der Waals surface area contributed by atoms with Crippen molar-refractivity contribution in [3.8, 4) is 0 Å². The van der Waals surface area contributed by atoms with Crippen LogP contribution in [-0.2, 0) is 0 Å². The third-order valence-electron chi connectivity index (χ3n) is 3.53. The van der Waals surface area contributed by atoms with Gasteiger partial charge in [-0.05, 0) is 35.1 Å². The highest BCUT2D eigenvalue weighted by Gasteiger charge is 2.29. The van der Waals surface area contributed by atoms with Crippen molar-refractivity contribution in [1.82, 2.24) is 0 Å². The number of allylic oxidation sites excluding steroid dienone is 6. The Morgan fingerprint density at radius 2 is 2.25 bits per heavy atom. The summed E-state index contributed by atoms with van der Waals surface area (Å²) in [6, 6.07) is 0. The third-order valence-corrected chi connectivity index (χ3v) is 3.53. The maximum absolute atomic E-state index is 4.21. The molecule has 0 aromatic carbocycles. The molecule has 1 heterocycles. The van der Waals surface area contributed by atoms with Crippen LogP contribution in [0.1, 0.15) is 27.2 Å². The second-order valence-corrected chi connectivity index (χ2v) is 5.15. The number of fused-ring (bicyclic) bond motifs is 1. The Labute approximate surface area is 98.0 Å². The van der Waals surface area contributed by atoms with E-state index < -0.39 is 0 Å². The summed E-state index contributed by atoms with van der Waals surface area (Å²) in [5.41, 5.74) is 3.94. The van der Waals surface area contributed by atoms with Crippen molar-refractivity contribution in [2.75, 3.05) is 0 Å². The summed E-state index contributed by atoms with van der Waals surface area (Å²) in [6.45, 7) is 10.8. The fourth-order valence-electron chi connectivity index (χ4n) is 2.07. The summed E-state index contributed by atoms with van der Waals surface area (Å²) >= 11 is 0. The summed E-state index contributed by atoms with van der Waals surface area (Å²) in [5.74, 6) is 0.503. The van der Waals surface area contributed by atoms with E-state index in [2.05, 4.69) is 50.6 Å². The molecule has 0 amide bonds. The molecule has 0 spiro atoms. The molecule has 0 bridgehead atoms. The number of aliphatic imine (C=N–C) groups is 1. The number of hydrogen-bond donors (Lipinski definition) is 0. The molecule has 2 aliphatic rings. The SMILES string of the molecule is C=C(C1=CCC2(C)C=CN=CC2=C1)C(C)C. The van der Waals surface area contributed by atoms with Gasteiger partial charge >= 0.3 is 0 Å². The van der Waals surface area contributed by atoms with E-state index in [4.69, 9.17) is 0 Å². The average Bonchev–Trinajstić information content (AvgIpc) is 2.26. The summed E-state index contributed by atoms with van der Waals surface area (Å²) in [7, 11) is 0. The van der Waals surface area contributed by atoms with Crippen molar-refractivity contribution < 1.29 is 0 Å². The Morgan fingerprint density at radius 3 is 2.94 bits per heavy atom. The molecule has 84 valence electrons. The zero-order valence-electron chi connectivity index (χ0n) is 10.3. The molecule has 0 saturated heterocycles. The molecule has 1 nitrogen and oxygen atoms in total. The average molecular weight is 213 g/mol. The van der Waals surface area contributed by atoms with E-state index in [0.29, 0.717) is 5.92 Å². The molecular formula is C15H19N. The quantitative estimate of drug-likeness (QED) is 0.656. The highest BCUT2D eigenvalue weighted by atomic mass is 14.7. The first-order valence-electron chi connectivity index (χ1n) is 5.85. The van der Waals surface area contributed by atoms with Crippen molar-refractivity contribution in [2.24, 2.45) is 16.3 Å². The topological polar surface area (TPSA) is 12.4 Å². The van der Waals surface area contributed by atoms with E-state index in [0.717, 1.165) is 6.42 Å². The van der Waals surface area contributed by atoms with Gasteiger partial charge in [-0.3, -0.25) is 4.99 Å². The first-order chi connectivity index (χ1) is 7.53. The molecule has 1 aliphatic carbocycles. The first-order valence-corrected chi connectivity index (χ1v) is 5.85. The van der Waals surface area contributed by atoms with Crippen molar-refractivity contribution in [3.05, 3.63) is 47.7 Å². The van der Waals surface area contributed by atoms with Crippen LogP contribution in [0, 0.1) is 11.3 Å². The molecule has 0 fully saturated rings. The molecule has 1 unspecified atom stereocenters. The summed E-state index contributed by atoms with van der Waals surface area (Å²) in [4.78, 5) is 4.21. The Hall–Kier alpha value is -1.37. The zero-order valence-corrected chi connectivity index (χ0v) is 10.3. The zero-order chi connectivity index (χ0) is 11.8. The molecule has 16 heavy (non-hydrogen) atoms. The Morgan fingerprint density at radius 1 is 1.50 bits per heavy atom. The normalized spacial score (nSPS) is 27.5. The van der Waals surface area contributed by atoms with Gasteiger partial charge in [-0.2, -0.15) is 0 Å². The predicted molar refractivity (Wildman–Crippen MR) is 70.5 cm³/mol. The van der Waals surface area contributed by atoms with Gasteiger partial charge in [0.25, 0.3) is 0 Å². The first kappa shape index (κ1) is 11.1. The number of rotatable bonds is 2. The summed E-state index contributed by atoms with van der Waals surface area (Å²) < 4.78 is 0. The van der Waals surface area contributed by atoms with Crippen molar-refractivity contribution in [3.63, 3.8) is 0 Å². The van der Waals surface area contributed by atoms with Crippen molar-refractivity contribution in [1.29, 1.82) is 0 Å². The van der Waals surface area contributed by atoms with Crippen LogP contribution in [-0.4, -0.2) is 6.21 Å². The lowest BCUT2D eigenvalue weighted by molar-refractivity contribution is 0.531. The van der Waals surface area contributed by atoms with Gasteiger partial charge in [0.05, 0.1) is 0 Å². The van der Waals surface area contributed by atoms with Crippen LogP contribution in [0.3, 0.4) is 0 Å². The minimum atomic E-state index is 0.141. The lowest BCUT2D eigenvalue weighted by Crippen LogP contribution is -2.22. The van der Waals surface area contributed by atoms with Crippen LogP contribution in [0.25, 0.3) is 0 Å². The van der Waals surface area contributed by atoms with Crippen LogP contribution in [0.5, 0.6) is 0 Å². The van der Waals surface area contributed by atoms with E-state index in [9.17, 15) is 0 Å². The van der Waals surface area contributed by atoms with Crippen LogP contribution in [0.2, 0.25) is 0 Å². The van der Waals surface area contributed by atoms with Gasteiger partial charge in [-0.15, -0.1) is 0 Å².